The summed E-state index contributed by atoms with van der Waals surface area (Å²) in [6.07, 6.45) is 1.23. The fraction of sp³-hybridized carbons (Fsp3) is 0.480. The molecule has 2 amide bonds. The van der Waals surface area contributed by atoms with E-state index in [4.69, 9.17) is 16.3 Å². The Bertz CT molecular complexity index is 1020. The van der Waals surface area contributed by atoms with Gasteiger partial charge in [-0.05, 0) is 48.4 Å². The largest absolute Gasteiger partial charge is 0.483 e. The Morgan fingerprint density at radius 3 is 2.59 bits per heavy atom. The van der Waals surface area contributed by atoms with Crippen LogP contribution in [0.5, 0.6) is 5.75 Å². The fourth-order valence-corrected chi connectivity index (χ4v) is 4.98. The minimum Gasteiger partial charge on any atom is -0.483 e. The summed E-state index contributed by atoms with van der Waals surface area (Å²) in [5.41, 5.74) is 0.640. The summed E-state index contributed by atoms with van der Waals surface area (Å²) in [5.74, 6) is 0.205. The van der Waals surface area contributed by atoms with Gasteiger partial charge in [0.05, 0.1) is 17.2 Å². The minimum atomic E-state index is -0.976. The van der Waals surface area contributed by atoms with E-state index in [1.807, 2.05) is 18.2 Å². The van der Waals surface area contributed by atoms with Crippen molar-refractivity contribution in [2.75, 3.05) is 33.3 Å². The number of aliphatic hydroxyl groups is 2. The summed E-state index contributed by atoms with van der Waals surface area (Å²) in [5, 5.41) is 22.2. The van der Waals surface area contributed by atoms with E-state index in [0.717, 1.165) is 5.56 Å². The predicted octanol–water partition coefficient (Wildman–Crippen LogP) is 2.16. The molecule has 0 bridgehead atoms. The van der Waals surface area contributed by atoms with Crippen LogP contribution in [0.25, 0.3) is 0 Å². The molecule has 2 N–H and O–H groups in total. The number of carbonyl (C=O) groups excluding carboxylic acids is 2. The molecule has 34 heavy (non-hydrogen) atoms. The number of benzene rings is 1. The number of piperidine rings is 1. The Hall–Kier alpha value is -2.68. The molecule has 182 valence electrons. The normalized spacial score (nSPS) is 23.5. The van der Waals surface area contributed by atoms with E-state index in [0.29, 0.717) is 55.4 Å². The Labute approximate surface area is 204 Å². The maximum Gasteiger partial charge on any atom is 0.272 e. The van der Waals surface area contributed by atoms with E-state index in [2.05, 4.69) is 4.98 Å². The van der Waals surface area contributed by atoms with E-state index >= 15 is 0 Å². The van der Waals surface area contributed by atoms with Crippen molar-refractivity contribution in [2.24, 2.45) is 5.41 Å². The highest BCUT2D eigenvalue weighted by Gasteiger charge is 2.41. The first-order valence-electron chi connectivity index (χ1n) is 11.5. The van der Waals surface area contributed by atoms with Crippen molar-refractivity contribution in [3.8, 4) is 5.75 Å². The number of pyridine rings is 1. The number of carbonyl (C=O) groups is 2. The lowest BCUT2D eigenvalue weighted by atomic mass is 9.72. The number of aliphatic hydroxyl groups excluding tert-OH is 2. The molecule has 1 spiro atoms. The van der Waals surface area contributed by atoms with Gasteiger partial charge in [0.1, 0.15) is 11.4 Å². The van der Waals surface area contributed by atoms with E-state index < -0.39 is 17.6 Å². The third-order valence-electron chi connectivity index (χ3n) is 6.90. The smallest absolute Gasteiger partial charge is 0.272 e. The molecule has 1 aromatic heterocycles. The van der Waals surface area contributed by atoms with Gasteiger partial charge in [-0.15, -0.1) is 0 Å². The lowest BCUT2D eigenvalue weighted by molar-refractivity contribution is -0.135. The van der Waals surface area contributed by atoms with Gasteiger partial charge in [0.2, 0.25) is 0 Å². The number of halogens is 1. The van der Waals surface area contributed by atoms with Crippen LogP contribution in [0, 0.1) is 5.41 Å². The van der Waals surface area contributed by atoms with Crippen LogP contribution < -0.4 is 4.74 Å². The van der Waals surface area contributed by atoms with Gasteiger partial charge in [-0.1, -0.05) is 29.8 Å². The van der Waals surface area contributed by atoms with Crippen LogP contribution >= 0.6 is 11.6 Å². The molecule has 9 heteroatoms. The Morgan fingerprint density at radius 2 is 1.88 bits per heavy atom. The lowest BCUT2D eigenvalue weighted by Gasteiger charge is -2.45. The molecule has 2 aliphatic rings. The number of aromatic nitrogens is 1. The fourth-order valence-electron chi connectivity index (χ4n) is 4.87. The molecule has 0 saturated carbocycles. The number of hydrogen-bond acceptors (Lipinski definition) is 6. The molecule has 0 unspecified atom stereocenters. The second-order valence-corrected chi connectivity index (χ2v) is 9.78. The molecule has 8 nitrogen and oxygen atoms in total. The first-order valence-corrected chi connectivity index (χ1v) is 11.9. The number of amides is 2. The minimum absolute atomic E-state index is 0.102. The predicted molar refractivity (Wildman–Crippen MR) is 127 cm³/mol. The Kier molecular flexibility index (Phi) is 7.40. The van der Waals surface area contributed by atoms with Gasteiger partial charge < -0.3 is 24.7 Å². The van der Waals surface area contributed by atoms with Crippen molar-refractivity contribution in [3.63, 3.8) is 0 Å². The Balaban J connectivity index is 1.51. The molecule has 3 heterocycles. The zero-order chi connectivity index (χ0) is 24.3. The standard InChI is InChI=1S/C25H30ClN3O5/c1-28-16-25(8-10-29(11-9-25)24(33)19-7-6-18(26)14-27-19)13-21(31)20(30)12-17-4-2-3-5-22(17)34-15-23(28)32/h2-7,14,20-21,30-31H,8-13,15-16H2,1H3/t20-,21+/m0/s1. The molecule has 4 rings (SSSR count). The molecule has 2 aromatic rings. The van der Waals surface area contributed by atoms with E-state index in [-0.39, 0.29) is 24.8 Å². The molecular weight excluding hydrogens is 458 g/mol. The van der Waals surface area contributed by atoms with E-state index in [1.54, 1.807) is 35.0 Å². The third-order valence-corrected chi connectivity index (χ3v) is 7.12. The van der Waals surface area contributed by atoms with Crippen molar-refractivity contribution in [3.05, 3.63) is 58.9 Å². The van der Waals surface area contributed by atoms with Crippen LogP contribution in [-0.2, 0) is 11.2 Å². The van der Waals surface area contributed by atoms with Gasteiger partial charge in [0.15, 0.2) is 6.61 Å². The average molecular weight is 488 g/mol. The van der Waals surface area contributed by atoms with Crippen molar-refractivity contribution >= 4 is 23.4 Å². The molecule has 1 fully saturated rings. The topological polar surface area (TPSA) is 103 Å². The number of nitrogens with zero attached hydrogens (tertiary/aromatic N) is 3. The van der Waals surface area contributed by atoms with Gasteiger partial charge in [-0.2, -0.15) is 0 Å². The highest BCUT2D eigenvalue weighted by molar-refractivity contribution is 6.30. The van der Waals surface area contributed by atoms with Crippen LogP contribution in [0.2, 0.25) is 5.02 Å². The molecule has 2 aliphatic heterocycles. The van der Waals surface area contributed by atoms with Gasteiger partial charge >= 0.3 is 0 Å². The summed E-state index contributed by atoms with van der Waals surface area (Å²) in [4.78, 5) is 33.2. The molecule has 1 aromatic carbocycles. The number of hydrogen-bond donors (Lipinski definition) is 2. The SMILES string of the molecule is CN1CC2(CCN(C(=O)c3ccc(Cl)cn3)CC2)C[C@@H](O)[C@@H](O)Cc2ccccc2OCC1=O. The summed E-state index contributed by atoms with van der Waals surface area (Å²) in [6.45, 7) is 1.23. The quantitative estimate of drug-likeness (QED) is 0.639. The number of fused-ring (bicyclic) bond motifs is 1. The number of likely N-dealkylation sites (tertiary alicyclic amines) is 1. The third kappa shape index (κ3) is 5.51. The van der Waals surface area contributed by atoms with Crippen molar-refractivity contribution in [1.82, 2.24) is 14.8 Å². The zero-order valence-electron chi connectivity index (χ0n) is 19.2. The van der Waals surface area contributed by atoms with Crippen LogP contribution in [0.15, 0.2) is 42.6 Å². The maximum atomic E-state index is 12.9. The van der Waals surface area contributed by atoms with E-state index in [1.165, 1.54) is 6.20 Å². The highest BCUT2D eigenvalue weighted by atomic mass is 35.5. The average Bonchev–Trinajstić information content (AvgIpc) is 2.83. The van der Waals surface area contributed by atoms with Crippen molar-refractivity contribution < 1.29 is 24.5 Å². The van der Waals surface area contributed by atoms with Crippen LogP contribution in [0.3, 0.4) is 0 Å². The first-order chi connectivity index (χ1) is 16.3. The monoisotopic (exact) mass is 487 g/mol. The second-order valence-electron chi connectivity index (χ2n) is 9.34. The number of likely N-dealkylation sites (N-methyl/N-ethyl adjacent to an activating group) is 1. The summed E-state index contributed by atoms with van der Waals surface area (Å²) < 4.78 is 5.76. The zero-order valence-corrected chi connectivity index (χ0v) is 19.9. The van der Waals surface area contributed by atoms with Crippen LogP contribution in [-0.4, -0.2) is 82.3 Å². The van der Waals surface area contributed by atoms with Crippen LogP contribution in [0.1, 0.15) is 35.3 Å². The van der Waals surface area contributed by atoms with E-state index in [9.17, 15) is 19.8 Å². The molecule has 0 radical (unpaired) electrons. The summed E-state index contributed by atoms with van der Waals surface area (Å²) in [6, 6.07) is 10.5. The first kappa shape index (κ1) is 24.4. The summed E-state index contributed by atoms with van der Waals surface area (Å²) in [7, 11) is 1.73. The molecule has 2 atom stereocenters. The second kappa shape index (κ2) is 10.3. The lowest BCUT2D eigenvalue weighted by Crippen LogP contribution is -2.51. The van der Waals surface area contributed by atoms with Crippen molar-refractivity contribution in [1.29, 1.82) is 0 Å². The molecular formula is C25H30ClN3O5. The molecule has 0 aliphatic carbocycles. The van der Waals surface area contributed by atoms with Crippen molar-refractivity contribution in [2.45, 2.75) is 37.9 Å². The highest BCUT2D eigenvalue weighted by Crippen LogP contribution is 2.38. The van der Waals surface area contributed by atoms with Gasteiger partial charge in [-0.25, -0.2) is 4.98 Å². The summed E-state index contributed by atoms with van der Waals surface area (Å²) >= 11 is 5.88. The number of para-hydroxylation sites is 1. The number of ether oxygens (including phenoxy) is 1. The maximum absolute atomic E-state index is 12.9. The van der Waals surface area contributed by atoms with Gasteiger partial charge in [0, 0.05) is 39.3 Å². The number of rotatable bonds is 1. The van der Waals surface area contributed by atoms with Gasteiger partial charge in [-0.3, -0.25) is 9.59 Å². The van der Waals surface area contributed by atoms with Gasteiger partial charge in [0.25, 0.3) is 11.8 Å². The Morgan fingerprint density at radius 1 is 1.15 bits per heavy atom. The van der Waals surface area contributed by atoms with Crippen LogP contribution in [0.4, 0.5) is 0 Å². The molecule has 1 saturated heterocycles.